The lowest BCUT2D eigenvalue weighted by Gasteiger charge is -2.19. The summed E-state index contributed by atoms with van der Waals surface area (Å²) in [4.78, 5) is 12.5. The summed E-state index contributed by atoms with van der Waals surface area (Å²) in [5.41, 5.74) is 0. The van der Waals surface area contributed by atoms with Gasteiger partial charge in [-0.3, -0.25) is 4.79 Å². The number of aliphatic hydroxyl groups is 2. The van der Waals surface area contributed by atoms with E-state index in [1.807, 2.05) is 6.08 Å². The molecule has 0 heterocycles. The molecule has 0 aliphatic carbocycles. The fraction of sp³-hybridized carbons (Fsp3) is 0.845. The largest absolute Gasteiger partial charge is 0.394 e. The summed E-state index contributed by atoms with van der Waals surface area (Å²) in [6.45, 7) is 4.32. The van der Waals surface area contributed by atoms with E-state index in [2.05, 4.69) is 55.6 Å². The molecule has 0 spiro atoms. The summed E-state index contributed by atoms with van der Waals surface area (Å²) in [6.07, 6.45) is 74.1. The van der Waals surface area contributed by atoms with Gasteiger partial charge in [0, 0.05) is 6.42 Å². The van der Waals surface area contributed by atoms with Gasteiger partial charge in [-0.2, -0.15) is 0 Å². The molecule has 0 aromatic carbocycles. The average Bonchev–Trinajstić information content (AvgIpc) is 3.28. The molecule has 0 fully saturated rings. The quantitative estimate of drug-likeness (QED) is 0.0421. The van der Waals surface area contributed by atoms with E-state index in [-0.39, 0.29) is 12.5 Å². The van der Waals surface area contributed by atoms with E-state index in [1.54, 1.807) is 6.08 Å². The topological polar surface area (TPSA) is 69.6 Å². The highest BCUT2D eigenvalue weighted by molar-refractivity contribution is 5.76. The van der Waals surface area contributed by atoms with Crippen LogP contribution in [0, 0.1) is 0 Å². The molecule has 0 aliphatic heterocycles. The normalized spacial score (nSPS) is 13.2. The van der Waals surface area contributed by atoms with Crippen LogP contribution in [-0.4, -0.2) is 34.9 Å². The fourth-order valence-electron chi connectivity index (χ4n) is 8.50. The lowest BCUT2D eigenvalue weighted by atomic mass is 10.0. The van der Waals surface area contributed by atoms with Gasteiger partial charge >= 0.3 is 0 Å². The molecule has 0 aliphatic rings. The van der Waals surface area contributed by atoms with Crippen molar-refractivity contribution < 1.29 is 15.0 Å². The Bertz CT molecular complexity index is 985. The van der Waals surface area contributed by atoms with Crippen LogP contribution in [0.15, 0.2) is 48.6 Å². The number of hydrogen-bond acceptors (Lipinski definition) is 3. The number of carbonyl (C=O) groups excluding carboxylic acids is 1. The van der Waals surface area contributed by atoms with Crippen molar-refractivity contribution in [2.24, 2.45) is 0 Å². The van der Waals surface area contributed by atoms with Crippen LogP contribution < -0.4 is 5.32 Å². The fourth-order valence-corrected chi connectivity index (χ4v) is 8.50. The van der Waals surface area contributed by atoms with E-state index in [0.717, 1.165) is 38.5 Å². The Kier molecular flexibility index (Phi) is 52.3. The van der Waals surface area contributed by atoms with Crippen LogP contribution in [0.1, 0.15) is 296 Å². The van der Waals surface area contributed by atoms with Crippen LogP contribution >= 0.6 is 0 Å². The zero-order valence-electron chi connectivity index (χ0n) is 41.9. The molecular formula is C58H109NO3. The van der Waals surface area contributed by atoms with Gasteiger partial charge in [-0.1, -0.05) is 268 Å². The second-order valence-electron chi connectivity index (χ2n) is 19.0. The maximum atomic E-state index is 12.5. The number of unbranched alkanes of at least 4 members (excludes halogenated alkanes) is 38. The molecule has 62 heavy (non-hydrogen) atoms. The molecule has 0 saturated heterocycles. The molecule has 2 unspecified atom stereocenters. The van der Waals surface area contributed by atoms with Gasteiger partial charge in [-0.15, -0.1) is 0 Å². The highest BCUT2D eigenvalue weighted by atomic mass is 16.3. The summed E-state index contributed by atoms with van der Waals surface area (Å²) < 4.78 is 0. The lowest BCUT2D eigenvalue weighted by molar-refractivity contribution is -0.123. The van der Waals surface area contributed by atoms with E-state index in [1.165, 1.54) is 238 Å². The molecule has 0 radical (unpaired) electrons. The van der Waals surface area contributed by atoms with Gasteiger partial charge in [0.1, 0.15) is 0 Å². The molecule has 1 amide bonds. The van der Waals surface area contributed by atoms with E-state index in [4.69, 9.17) is 0 Å². The Hall–Kier alpha value is -1.65. The molecule has 4 heteroatoms. The van der Waals surface area contributed by atoms with Crippen LogP contribution in [0.5, 0.6) is 0 Å². The van der Waals surface area contributed by atoms with E-state index in [0.29, 0.717) is 6.42 Å². The second-order valence-corrected chi connectivity index (χ2v) is 19.0. The number of rotatable bonds is 51. The number of carbonyl (C=O) groups is 1. The molecule has 4 nitrogen and oxygen atoms in total. The molecular weight excluding hydrogens is 759 g/mol. The minimum Gasteiger partial charge on any atom is -0.394 e. The zero-order valence-corrected chi connectivity index (χ0v) is 41.9. The van der Waals surface area contributed by atoms with Crippen molar-refractivity contribution in [2.75, 3.05) is 6.61 Å². The molecule has 0 aromatic heterocycles. The van der Waals surface area contributed by atoms with Crippen LogP contribution in [0.3, 0.4) is 0 Å². The van der Waals surface area contributed by atoms with Crippen molar-refractivity contribution in [3.63, 3.8) is 0 Å². The molecule has 0 saturated carbocycles. The Balaban J connectivity index is 3.55. The SMILES string of the molecule is CCCCCCCCCCCCCC/C=C\CCCCCCCCCCCCCC(=O)NC(CO)C(O)/C=C/CC/C=C/CC/C=C/CCCCCCCCCCCCCCC. The summed E-state index contributed by atoms with van der Waals surface area (Å²) in [5.74, 6) is -0.0760. The average molecular weight is 869 g/mol. The predicted molar refractivity (Wildman–Crippen MR) is 276 cm³/mol. The van der Waals surface area contributed by atoms with Gasteiger partial charge in [0.25, 0.3) is 0 Å². The van der Waals surface area contributed by atoms with Crippen molar-refractivity contribution >= 4 is 5.91 Å². The Morgan fingerprint density at radius 3 is 0.935 bits per heavy atom. The van der Waals surface area contributed by atoms with Crippen molar-refractivity contribution in [2.45, 2.75) is 309 Å². The van der Waals surface area contributed by atoms with Crippen molar-refractivity contribution in [1.29, 1.82) is 0 Å². The second kappa shape index (κ2) is 53.7. The monoisotopic (exact) mass is 868 g/mol. The van der Waals surface area contributed by atoms with Gasteiger partial charge in [0.2, 0.25) is 5.91 Å². The summed E-state index contributed by atoms with van der Waals surface area (Å²) in [5, 5.41) is 23.1. The van der Waals surface area contributed by atoms with Gasteiger partial charge in [0.05, 0.1) is 18.8 Å². The zero-order chi connectivity index (χ0) is 44.9. The van der Waals surface area contributed by atoms with Crippen LogP contribution in [0.2, 0.25) is 0 Å². The van der Waals surface area contributed by atoms with E-state index >= 15 is 0 Å². The maximum absolute atomic E-state index is 12.5. The van der Waals surface area contributed by atoms with Crippen LogP contribution in [-0.2, 0) is 4.79 Å². The van der Waals surface area contributed by atoms with Crippen molar-refractivity contribution in [3.05, 3.63) is 48.6 Å². The number of hydrogen-bond donors (Lipinski definition) is 3. The third-order valence-corrected chi connectivity index (χ3v) is 12.8. The van der Waals surface area contributed by atoms with Crippen LogP contribution in [0.4, 0.5) is 0 Å². The molecule has 364 valence electrons. The third-order valence-electron chi connectivity index (χ3n) is 12.8. The van der Waals surface area contributed by atoms with Gasteiger partial charge in [-0.25, -0.2) is 0 Å². The highest BCUT2D eigenvalue weighted by Crippen LogP contribution is 2.16. The molecule has 0 bridgehead atoms. The van der Waals surface area contributed by atoms with Crippen molar-refractivity contribution in [3.8, 4) is 0 Å². The first kappa shape index (κ1) is 60.4. The smallest absolute Gasteiger partial charge is 0.220 e. The van der Waals surface area contributed by atoms with Gasteiger partial charge in [0.15, 0.2) is 0 Å². The van der Waals surface area contributed by atoms with Crippen LogP contribution in [0.25, 0.3) is 0 Å². The molecule has 0 rings (SSSR count). The summed E-state index contributed by atoms with van der Waals surface area (Å²) in [6, 6.07) is -0.647. The first-order chi connectivity index (χ1) is 30.7. The Morgan fingerprint density at radius 1 is 0.371 bits per heavy atom. The number of amides is 1. The Labute approximate surface area is 388 Å². The molecule has 3 N–H and O–H groups in total. The van der Waals surface area contributed by atoms with E-state index in [9.17, 15) is 15.0 Å². The van der Waals surface area contributed by atoms with Gasteiger partial charge < -0.3 is 15.5 Å². The van der Waals surface area contributed by atoms with Gasteiger partial charge in [-0.05, 0) is 70.6 Å². The Morgan fingerprint density at radius 2 is 0.629 bits per heavy atom. The number of nitrogens with one attached hydrogen (secondary N) is 1. The predicted octanol–water partition coefficient (Wildman–Crippen LogP) is 18.3. The first-order valence-electron chi connectivity index (χ1n) is 27.9. The highest BCUT2D eigenvalue weighted by Gasteiger charge is 2.18. The standard InChI is InChI=1S/C58H109NO3/c1-3-5-7-9-11-13-15-17-19-21-23-25-27-28-29-30-32-34-36-38-40-42-44-46-48-50-52-54-58(62)59-56(55-60)57(61)53-51-49-47-45-43-41-39-37-35-33-31-26-24-22-20-18-16-14-12-10-8-6-4-2/h28-29,35,37,43,45,51,53,56-57,60-61H,3-27,30-34,36,38-42,44,46-50,52,54-55H2,1-2H3,(H,59,62)/b29-28-,37-35+,45-43+,53-51+. The summed E-state index contributed by atoms with van der Waals surface area (Å²) in [7, 11) is 0. The minimum atomic E-state index is -0.872. The number of allylic oxidation sites excluding steroid dienone is 7. The lowest BCUT2D eigenvalue weighted by Crippen LogP contribution is -2.45. The van der Waals surface area contributed by atoms with E-state index < -0.39 is 12.1 Å². The maximum Gasteiger partial charge on any atom is 0.220 e. The first-order valence-corrected chi connectivity index (χ1v) is 27.9. The third kappa shape index (κ3) is 49.4. The molecule has 2 atom stereocenters. The minimum absolute atomic E-state index is 0.0760. The summed E-state index contributed by atoms with van der Waals surface area (Å²) >= 11 is 0. The van der Waals surface area contributed by atoms with Crippen molar-refractivity contribution in [1.82, 2.24) is 5.32 Å². The number of aliphatic hydroxyl groups excluding tert-OH is 2. The molecule has 0 aromatic rings.